The molecule has 1 rings (SSSR count). The summed E-state index contributed by atoms with van der Waals surface area (Å²) in [6.45, 7) is 6.22. The molecule has 1 heterocycles. The summed E-state index contributed by atoms with van der Waals surface area (Å²) in [4.78, 5) is 15.4. The minimum atomic E-state index is -0.610. The molecule has 5 heteroatoms. The molecule has 0 aromatic rings. The van der Waals surface area contributed by atoms with Gasteiger partial charge in [-0.15, -0.1) is 0 Å². The van der Waals surface area contributed by atoms with Crippen LogP contribution in [-0.4, -0.2) is 41.5 Å². The van der Waals surface area contributed by atoms with Gasteiger partial charge in [-0.05, 0) is 33.0 Å². The van der Waals surface area contributed by atoms with Gasteiger partial charge >= 0.3 is 0 Å². The Morgan fingerprint density at radius 3 is 2.44 bits per heavy atom. The number of amides is 1. The van der Waals surface area contributed by atoms with Gasteiger partial charge < -0.3 is 9.64 Å². The summed E-state index contributed by atoms with van der Waals surface area (Å²) in [6.07, 6.45) is 1.62. The lowest BCUT2D eigenvalue weighted by Gasteiger charge is -2.43. The Kier molecular flexibility index (Phi) is 3.57. The number of nitrogens with zero attached hydrogens (tertiary/aromatic N) is 2. The zero-order valence-electron chi connectivity index (χ0n) is 10.4. The van der Waals surface area contributed by atoms with E-state index < -0.39 is 5.41 Å². The monoisotopic (exact) mass is 242 g/mol. The van der Waals surface area contributed by atoms with Gasteiger partial charge in [-0.3, -0.25) is 9.69 Å². The Hall–Kier alpha value is -1.10. The Balaban J connectivity index is 3.15. The SMILES string of the molecule is CCO/C=C1\N(C)C(=S)N(C)C(=O)C1(C)C. The van der Waals surface area contributed by atoms with Crippen molar-refractivity contribution in [2.24, 2.45) is 5.41 Å². The molecule has 0 saturated carbocycles. The molecule has 0 aromatic carbocycles. The molecule has 1 saturated heterocycles. The maximum Gasteiger partial charge on any atom is 0.240 e. The Morgan fingerprint density at radius 1 is 1.38 bits per heavy atom. The second-order valence-electron chi connectivity index (χ2n) is 4.29. The summed E-state index contributed by atoms with van der Waals surface area (Å²) in [6, 6.07) is 0. The predicted molar refractivity (Wildman–Crippen MR) is 66.6 cm³/mol. The van der Waals surface area contributed by atoms with E-state index in [0.717, 1.165) is 5.70 Å². The smallest absolute Gasteiger partial charge is 0.240 e. The van der Waals surface area contributed by atoms with Gasteiger partial charge in [0.05, 0.1) is 17.7 Å². The van der Waals surface area contributed by atoms with Crippen LogP contribution in [0.3, 0.4) is 0 Å². The molecule has 4 nitrogen and oxygen atoms in total. The van der Waals surface area contributed by atoms with Crippen LogP contribution in [-0.2, 0) is 9.53 Å². The van der Waals surface area contributed by atoms with Gasteiger partial charge in [-0.1, -0.05) is 0 Å². The van der Waals surface area contributed by atoms with Crippen LogP contribution in [0.15, 0.2) is 12.0 Å². The summed E-state index contributed by atoms with van der Waals surface area (Å²) in [7, 11) is 3.54. The average molecular weight is 242 g/mol. The third-order valence-electron chi connectivity index (χ3n) is 2.78. The number of hydrogen-bond acceptors (Lipinski definition) is 3. The molecule has 1 aliphatic rings. The lowest BCUT2D eigenvalue weighted by molar-refractivity contribution is -0.135. The van der Waals surface area contributed by atoms with Gasteiger partial charge in [0.25, 0.3) is 0 Å². The Bertz CT molecular complexity index is 350. The lowest BCUT2D eigenvalue weighted by atomic mass is 9.85. The van der Waals surface area contributed by atoms with Crippen molar-refractivity contribution in [3.05, 3.63) is 12.0 Å². The van der Waals surface area contributed by atoms with Crippen LogP contribution in [0.5, 0.6) is 0 Å². The van der Waals surface area contributed by atoms with Crippen LogP contribution < -0.4 is 0 Å². The van der Waals surface area contributed by atoms with Crippen molar-refractivity contribution in [2.75, 3.05) is 20.7 Å². The van der Waals surface area contributed by atoms with Gasteiger partial charge in [-0.25, -0.2) is 0 Å². The third-order valence-corrected chi connectivity index (χ3v) is 3.32. The highest BCUT2D eigenvalue weighted by Gasteiger charge is 2.44. The maximum atomic E-state index is 12.1. The standard InChI is InChI=1S/C11H18N2O2S/c1-6-15-7-8-11(2,3)9(14)13(5)10(16)12(8)4/h7H,6H2,1-5H3/b8-7-. The zero-order chi connectivity index (χ0) is 12.5. The highest BCUT2D eigenvalue weighted by Crippen LogP contribution is 2.35. The predicted octanol–water partition coefficient (Wildman–Crippen LogP) is 1.58. The number of thiocarbonyl (C=S) groups is 1. The van der Waals surface area contributed by atoms with Crippen LogP contribution in [0.1, 0.15) is 20.8 Å². The minimum Gasteiger partial charge on any atom is -0.500 e. The summed E-state index contributed by atoms with van der Waals surface area (Å²) < 4.78 is 5.28. The van der Waals surface area contributed by atoms with Crippen LogP contribution in [0.25, 0.3) is 0 Å². The van der Waals surface area contributed by atoms with Gasteiger partial charge in [-0.2, -0.15) is 0 Å². The van der Waals surface area contributed by atoms with E-state index in [1.807, 2.05) is 32.7 Å². The van der Waals surface area contributed by atoms with Crippen LogP contribution in [0.4, 0.5) is 0 Å². The van der Waals surface area contributed by atoms with E-state index in [9.17, 15) is 4.79 Å². The fourth-order valence-corrected chi connectivity index (χ4v) is 1.93. The summed E-state index contributed by atoms with van der Waals surface area (Å²) in [5.74, 6) is -0.0125. The van der Waals surface area contributed by atoms with Crippen LogP contribution in [0, 0.1) is 5.41 Å². The molecule has 1 fully saturated rings. The summed E-state index contributed by atoms with van der Waals surface area (Å²) in [5.41, 5.74) is 0.184. The zero-order valence-corrected chi connectivity index (χ0v) is 11.2. The largest absolute Gasteiger partial charge is 0.500 e. The van der Waals surface area contributed by atoms with Crippen molar-refractivity contribution in [2.45, 2.75) is 20.8 Å². The van der Waals surface area contributed by atoms with Crippen molar-refractivity contribution in [3.63, 3.8) is 0 Å². The topological polar surface area (TPSA) is 32.8 Å². The van der Waals surface area contributed by atoms with Gasteiger partial charge in [0, 0.05) is 14.1 Å². The van der Waals surface area contributed by atoms with Gasteiger partial charge in [0.15, 0.2) is 5.11 Å². The lowest BCUT2D eigenvalue weighted by Crippen LogP contribution is -2.55. The third kappa shape index (κ3) is 1.91. The van der Waals surface area contributed by atoms with Crippen molar-refractivity contribution < 1.29 is 9.53 Å². The first-order valence-electron chi connectivity index (χ1n) is 5.22. The number of ether oxygens (including phenoxy) is 1. The molecule has 0 spiro atoms. The molecule has 0 bridgehead atoms. The van der Waals surface area contributed by atoms with Crippen LogP contribution in [0.2, 0.25) is 0 Å². The molecule has 0 atom stereocenters. The molecular formula is C11H18N2O2S. The van der Waals surface area contributed by atoms with E-state index in [0.29, 0.717) is 11.7 Å². The van der Waals surface area contributed by atoms with E-state index in [-0.39, 0.29) is 5.91 Å². The molecule has 0 aromatic heterocycles. The highest BCUT2D eigenvalue weighted by atomic mass is 32.1. The van der Waals surface area contributed by atoms with E-state index in [4.69, 9.17) is 17.0 Å². The number of hydrogen-bond donors (Lipinski definition) is 0. The second-order valence-corrected chi connectivity index (χ2v) is 4.65. The Morgan fingerprint density at radius 2 is 1.94 bits per heavy atom. The number of carbonyl (C=O) groups is 1. The van der Waals surface area contributed by atoms with Crippen LogP contribution >= 0.6 is 12.2 Å². The fraction of sp³-hybridized carbons (Fsp3) is 0.636. The fourth-order valence-electron chi connectivity index (χ4n) is 1.75. The molecule has 16 heavy (non-hydrogen) atoms. The van der Waals surface area contributed by atoms with Crippen molar-refractivity contribution in [1.29, 1.82) is 0 Å². The Labute approximate surface area is 102 Å². The molecule has 90 valence electrons. The number of rotatable bonds is 2. The molecular weight excluding hydrogens is 224 g/mol. The van der Waals surface area contributed by atoms with Gasteiger partial charge in [0.2, 0.25) is 5.91 Å². The highest BCUT2D eigenvalue weighted by molar-refractivity contribution is 7.80. The summed E-state index contributed by atoms with van der Waals surface area (Å²) >= 11 is 5.19. The molecule has 0 unspecified atom stereocenters. The quantitative estimate of drug-likeness (QED) is 0.544. The van der Waals surface area contributed by atoms with E-state index in [1.54, 1.807) is 13.3 Å². The molecule has 0 radical (unpaired) electrons. The molecule has 1 amide bonds. The van der Waals surface area contributed by atoms with Crippen molar-refractivity contribution in [3.8, 4) is 0 Å². The first-order valence-corrected chi connectivity index (χ1v) is 5.63. The molecule has 0 N–H and O–H groups in total. The van der Waals surface area contributed by atoms with E-state index >= 15 is 0 Å². The van der Waals surface area contributed by atoms with Crippen molar-refractivity contribution >= 4 is 23.2 Å². The van der Waals surface area contributed by atoms with Crippen molar-refractivity contribution in [1.82, 2.24) is 9.80 Å². The minimum absolute atomic E-state index is 0.0125. The average Bonchev–Trinajstić information content (AvgIpc) is 2.24. The van der Waals surface area contributed by atoms with E-state index in [1.165, 1.54) is 4.90 Å². The van der Waals surface area contributed by atoms with E-state index in [2.05, 4.69) is 0 Å². The number of carbonyl (C=O) groups excluding carboxylic acids is 1. The summed E-state index contributed by atoms with van der Waals surface area (Å²) in [5, 5.41) is 0.496. The normalized spacial score (nSPS) is 22.9. The molecule has 0 aliphatic carbocycles. The second kappa shape index (κ2) is 4.41. The first kappa shape index (κ1) is 13.0. The van der Waals surface area contributed by atoms with Gasteiger partial charge in [0.1, 0.15) is 6.26 Å². The first-order chi connectivity index (χ1) is 7.34. The maximum absolute atomic E-state index is 12.1. The molecule has 1 aliphatic heterocycles.